The molecule has 1 unspecified atom stereocenters. The smallest absolute Gasteiger partial charge is 0.277 e. The van der Waals surface area contributed by atoms with Gasteiger partial charge in [0, 0.05) is 31.0 Å². The zero-order valence-corrected chi connectivity index (χ0v) is 14.6. The lowest BCUT2D eigenvalue weighted by Crippen LogP contribution is -2.52. The van der Waals surface area contributed by atoms with Crippen LogP contribution in [0.2, 0.25) is 0 Å². The molecule has 0 aliphatic carbocycles. The molecule has 24 heavy (non-hydrogen) atoms. The maximum atomic E-state index is 11.8. The summed E-state index contributed by atoms with van der Waals surface area (Å²) in [4.78, 5) is 11.3. The Labute approximate surface area is 142 Å². The monoisotopic (exact) mass is 347 g/mol. The number of aryl methyl sites for hydroxylation is 2. The Balaban J connectivity index is 2.01. The van der Waals surface area contributed by atoms with Crippen molar-refractivity contribution in [2.75, 3.05) is 24.5 Å². The lowest BCUT2D eigenvalue weighted by molar-refractivity contribution is 0.331. The van der Waals surface area contributed by atoms with Gasteiger partial charge in [-0.05, 0) is 38.1 Å². The Bertz CT molecular complexity index is 840. The molecule has 2 N–H and O–H groups in total. The third kappa shape index (κ3) is 3.55. The van der Waals surface area contributed by atoms with E-state index in [9.17, 15) is 8.42 Å². The van der Waals surface area contributed by atoms with Crippen LogP contribution >= 0.6 is 0 Å². The Morgan fingerprint density at radius 1 is 1.04 bits per heavy atom. The summed E-state index contributed by atoms with van der Waals surface area (Å²) < 4.78 is 24.9. The molecule has 2 aromatic rings. The molecule has 1 atom stereocenters. The van der Waals surface area contributed by atoms with Crippen LogP contribution in [0.5, 0.6) is 0 Å². The van der Waals surface area contributed by atoms with Crippen LogP contribution in [-0.4, -0.2) is 42.3 Å². The molecular formula is C16H21N5O2S. The second kappa shape index (κ2) is 6.46. The van der Waals surface area contributed by atoms with E-state index in [2.05, 4.69) is 14.9 Å². The Kier molecular flexibility index (Phi) is 4.53. The second-order valence-corrected chi connectivity index (χ2v) is 7.50. The highest BCUT2D eigenvalue weighted by Crippen LogP contribution is 2.29. The standard InChI is InChI=1S/C16H21N5O2S/c1-12-5-3-7-14(18-12)15-11-20(24(17,22)23)9-10-21(15)16-8-4-6-13(2)19-16/h3-8,15H,9-11H2,1-2H3,(H2,17,22,23). The van der Waals surface area contributed by atoms with Gasteiger partial charge in [0.1, 0.15) is 5.82 Å². The lowest BCUT2D eigenvalue weighted by atomic mass is 10.1. The van der Waals surface area contributed by atoms with Crippen LogP contribution in [0.1, 0.15) is 23.1 Å². The number of nitrogens with zero attached hydrogens (tertiary/aromatic N) is 4. The van der Waals surface area contributed by atoms with Gasteiger partial charge >= 0.3 is 0 Å². The first-order valence-electron chi connectivity index (χ1n) is 7.76. The molecule has 1 aliphatic heterocycles. The molecule has 0 aromatic carbocycles. The summed E-state index contributed by atoms with van der Waals surface area (Å²) in [5, 5.41) is 5.33. The number of anilines is 1. The van der Waals surface area contributed by atoms with Crippen LogP contribution in [0.15, 0.2) is 36.4 Å². The molecule has 1 fully saturated rings. The fourth-order valence-electron chi connectivity index (χ4n) is 2.95. The summed E-state index contributed by atoms with van der Waals surface area (Å²) in [6.07, 6.45) is 0. The summed E-state index contributed by atoms with van der Waals surface area (Å²) in [7, 11) is -3.73. The number of rotatable bonds is 3. The van der Waals surface area contributed by atoms with Crippen molar-refractivity contribution in [2.45, 2.75) is 19.9 Å². The molecular weight excluding hydrogens is 326 g/mol. The quantitative estimate of drug-likeness (QED) is 0.899. The minimum Gasteiger partial charge on any atom is -0.345 e. The van der Waals surface area contributed by atoms with Crippen molar-refractivity contribution in [3.8, 4) is 0 Å². The van der Waals surface area contributed by atoms with Gasteiger partial charge in [-0.2, -0.15) is 12.7 Å². The minimum atomic E-state index is -3.73. The summed E-state index contributed by atoms with van der Waals surface area (Å²) in [5.41, 5.74) is 2.61. The lowest BCUT2D eigenvalue weighted by Gasteiger charge is -2.40. The summed E-state index contributed by atoms with van der Waals surface area (Å²) in [5.74, 6) is 0.817. The minimum absolute atomic E-state index is 0.230. The largest absolute Gasteiger partial charge is 0.345 e. The first-order valence-corrected chi connectivity index (χ1v) is 9.26. The van der Waals surface area contributed by atoms with Crippen LogP contribution < -0.4 is 10.0 Å². The van der Waals surface area contributed by atoms with Crippen LogP contribution in [0.25, 0.3) is 0 Å². The number of hydrogen-bond donors (Lipinski definition) is 1. The Hall–Kier alpha value is -2.03. The molecule has 0 spiro atoms. The summed E-state index contributed by atoms with van der Waals surface area (Å²) in [6, 6.07) is 11.3. The van der Waals surface area contributed by atoms with Gasteiger partial charge < -0.3 is 4.90 Å². The summed E-state index contributed by atoms with van der Waals surface area (Å²) >= 11 is 0. The van der Waals surface area contributed by atoms with Crippen LogP contribution in [-0.2, 0) is 10.2 Å². The number of aromatic nitrogens is 2. The number of pyridine rings is 2. The van der Waals surface area contributed by atoms with Crippen molar-refractivity contribution in [3.05, 3.63) is 53.5 Å². The van der Waals surface area contributed by atoms with E-state index in [1.807, 2.05) is 50.2 Å². The van der Waals surface area contributed by atoms with Crippen molar-refractivity contribution in [1.29, 1.82) is 0 Å². The van der Waals surface area contributed by atoms with E-state index >= 15 is 0 Å². The van der Waals surface area contributed by atoms with Gasteiger partial charge in [0.25, 0.3) is 10.2 Å². The van der Waals surface area contributed by atoms with Crippen molar-refractivity contribution >= 4 is 16.0 Å². The molecule has 8 heteroatoms. The van der Waals surface area contributed by atoms with Gasteiger partial charge in [-0.1, -0.05) is 12.1 Å². The molecule has 7 nitrogen and oxygen atoms in total. The highest BCUT2D eigenvalue weighted by molar-refractivity contribution is 7.86. The third-order valence-corrected chi connectivity index (χ3v) is 5.17. The highest BCUT2D eigenvalue weighted by atomic mass is 32.2. The highest BCUT2D eigenvalue weighted by Gasteiger charge is 2.34. The van der Waals surface area contributed by atoms with Gasteiger partial charge in [0.2, 0.25) is 0 Å². The average molecular weight is 347 g/mol. The molecule has 2 aromatic heterocycles. The molecule has 0 amide bonds. The molecule has 1 saturated heterocycles. The van der Waals surface area contributed by atoms with Crippen LogP contribution in [0.4, 0.5) is 5.82 Å². The van der Waals surface area contributed by atoms with E-state index in [0.29, 0.717) is 13.1 Å². The van der Waals surface area contributed by atoms with Gasteiger partial charge in [0.15, 0.2) is 0 Å². The van der Waals surface area contributed by atoms with Gasteiger partial charge in [0.05, 0.1) is 11.7 Å². The molecule has 0 bridgehead atoms. The molecule has 128 valence electrons. The molecule has 3 rings (SSSR count). The van der Waals surface area contributed by atoms with Crippen molar-refractivity contribution in [3.63, 3.8) is 0 Å². The zero-order valence-electron chi connectivity index (χ0n) is 13.8. The van der Waals surface area contributed by atoms with E-state index in [4.69, 9.17) is 5.14 Å². The maximum absolute atomic E-state index is 11.8. The summed E-state index contributed by atoms with van der Waals surface area (Å²) in [6.45, 7) is 4.94. The fraction of sp³-hybridized carbons (Fsp3) is 0.375. The van der Waals surface area contributed by atoms with Crippen molar-refractivity contribution in [2.24, 2.45) is 5.14 Å². The van der Waals surface area contributed by atoms with E-state index in [-0.39, 0.29) is 12.6 Å². The van der Waals surface area contributed by atoms with Gasteiger partial charge in [-0.15, -0.1) is 0 Å². The number of nitrogens with two attached hydrogens (primary N) is 1. The van der Waals surface area contributed by atoms with Crippen LogP contribution in [0, 0.1) is 13.8 Å². The third-order valence-electron chi connectivity index (χ3n) is 4.12. The van der Waals surface area contributed by atoms with E-state index in [1.165, 1.54) is 4.31 Å². The number of piperazine rings is 1. The van der Waals surface area contributed by atoms with E-state index in [1.54, 1.807) is 0 Å². The molecule has 3 heterocycles. The second-order valence-electron chi connectivity index (χ2n) is 5.95. The fourth-order valence-corrected chi connectivity index (χ4v) is 3.64. The van der Waals surface area contributed by atoms with Crippen molar-refractivity contribution in [1.82, 2.24) is 14.3 Å². The predicted molar refractivity (Wildman–Crippen MR) is 92.7 cm³/mol. The first-order chi connectivity index (χ1) is 11.3. The number of hydrogen-bond acceptors (Lipinski definition) is 5. The van der Waals surface area contributed by atoms with Gasteiger partial charge in [-0.25, -0.2) is 10.1 Å². The average Bonchev–Trinajstić information content (AvgIpc) is 2.53. The zero-order chi connectivity index (χ0) is 17.3. The van der Waals surface area contributed by atoms with Crippen LogP contribution in [0.3, 0.4) is 0 Å². The topological polar surface area (TPSA) is 92.4 Å². The first kappa shape index (κ1) is 16.8. The molecule has 1 aliphatic rings. The SMILES string of the molecule is Cc1cccc(C2CN(S(N)(=O)=O)CCN2c2cccc(C)n2)n1. The van der Waals surface area contributed by atoms with E-state index < -0.39 is 10.2 Å². The molecule has 0 saturated carbocycles. The normalized spacial score (nSPS) is 19.5. The maximum Gasteiger partial charge on any atom is 0.277 e. The Morgan fingerprint density at radius 3 is 2.33 bits per heavy atom. The molecule has 0 radical (unpaired) electrons. The van der Waals surface area contributed by atoms with Crippen molar-refractivity contribution < 1.29 is 8.42 Å². The predicted octanol–water partition coefficient (Wildman–Crippen LogP) is 1.16. The van der Waals surface area contributed by atoms with Gasteiger partial charge in [-0.3, -0.25) is 4.98 Å². The Morgan fingerprint density at radius 2 is 1.71 bits per heavy atom. The van der Waals surface area contributed by atoms with E-state index in [0.717, 1.165) is 22.9 Å².